The first-order chi connectivity index (χ1) is 5.75. The molecule has 1 heterocycles. The van der Waals surface area contributed by atoms with E-state index in [1.54, 1.807) is 16.8 Å². The van der Waals surface area contributed by atoms with Gasteiger partial charge in [-0.05, 0) is 12.8 Å². The standard InChI is InChI=1S/C8H15N2O2/c1-9-4-2-5-10(8(9)12)6-3-7-11/h2-7H2,1H3. The molecule has 0 aromatic heterocycles. The summed E-state index contributed by atoms with van der Waals surface area (Å²) in [4.78, 5) is 14.8. The second kappa shape index (κ2) is 4.30. The van der Waals surface area contributed by atoms with Gasteiger partial charge in [-0.2, -0.15) is 0 Å². The molecule has 2 amide bonds. The first-order valence-corrected chi connectivity index (χ1v) is 4.34. The molecular formula is C8H15N2O2. The lowest BCUT2D eigenvalue weighted by Gasteiger charge is -2.33. The van der Waals surface area contributed by atoms with Gasteiger partial charge in [0, 0.05) is 26.7 Å². The molecule has 0 spiro atoms. The van der Waals surface area contributed by atoms with Crippen LogP contribution in [0.3, 0.4) is 0 Å². The zero-order valence-electron chi connectivity index (χ0n) is 7.45. The Labute approximate surface area is 72.8 Å². The minimum atomic E-state index is -0.0898. The normalized spacial score (nSPS) is 18.7. The van der Waals surface area contributed by atoms with Gasteiger partial charge in [0.2, 0.25) is 0 Å². The van der Waals surface area contributed by atoms with E-state index in [1.807, 2.05) is 0 Å². The summed E-state index contributed by atoms with van der Waals surface area (Å²) in [5.41, 5.74) is 0. The van der Waals surface area contributed by atoms with Gasteiger partial charge in [0.25, 0.3) is 0 Å². The molecule has 1 fully saturated rings. The lowest BCUT2D eigenvalue weighted by molar-refractivity contribution is 0.128. The fourth-order valence-electron chi connectivity index (χ4n) is 1.39. The van der Waals surface area contributed by atoms with Crippen LogP contribution >= 0.6 is 0 Å². The van der Waals surface area contributed by atoms with Gasteiger partial charge in [-0.3, -0.25) is 0 Å². The highest BCUT2D eigenvalue weighted by atomic mass is 16.3. The van der Waals surface area contributed by atoms with Crippen molar-refractivity contribution >= 4 is 6.03 Å². The number of carbonyl (C=O) groups is 1. The van der Waals surface area contributed by atoms with Crippen molar-refractivity contribution in [2.45, 2.75) is 12.8 Å². The molecule has 0 aromatic carbocycles. The van der Waals surface area contributed by atoms with Crippen molar-refractivity contribution in [3.8, 4) is 0 Å². The van der Waals surface area contributed by atoms with E-state index >= 15 is 0 Å². The quantitative estimate of drug-likeness (QED) is 0.612. The lowest BCUT2D eigenvalue weighted by atomic mass is 10.3. The van der Waals surface area contributed by atoms with E-state index in [9.17, 15) is 9.90 Å². The summed E-state index contributed by atoms with van der Waals surface area (Å²) in [6, 6.07) is 0.0645. The highest BCUT2D eigenvalue weighted by Crippen LogP contribution is 2.06. The SMILES string of the molecule is CN1CCCN(CCC[O])C1=O. The molecule has 0 bridgehead atoms. The first kappa shape index (κ1) is 9.32. The number of rotatable bonds is 3. The highest BCUT2D eigenvalue weighted by molar-refractivity contribution is 5.74. The molecule has 0 atom stereocenters. The monoisotopic (exact) mass is 171 g/mol. The maximum atomic E-state index is 11.4. The van der Waals surface area contributed by atoms with Gasteiger partial charge < -0.3 is 9.80 Å². The number of nitrogens with zero attached hydrogens (tertiary/aromatic N) is 2. The third-order valence-electron chi connectivity index (χ3n) is 2.09. The zero-order valence-corrected chi connectivity index (χ0v) is 7.45. The van der Waals surface area contributed by atoms with Crippen LogP contribution in [-0.4, -0.2) is 49.1 Å². The van der Waals surface area contributed by atoms with Gasteiger partial charge in [0.1, 0.15) is 0 Å². The summed E-state index contributed by atoms with van der Waals surface area (Å²) in [6.07, 6.45) is 1.58. The van der Waals surface area contributed by atoms with Gasteiger partial charge in [0.15, 0.2) is 0 Å². The molecular weight excluding hydrogens is 156 g/mol. The lowest BCUT2D eigenvalue weighted by Crippen LogP contribution is -2.47. The molecule has 1 radical (unpaired) electrons. The first-order valence-electron chi connectivity index (χ1n) is 4.34. The minimum Gasteiger partial charge on any atom is -0.328 e. The summed E-state index contributed by atoms with van der Waals surface area (Å²) < 4.78 is 0. The van der Waals surface area contributed by atoms with Crippen molar-refractivity contribution in [2.24, 2.45) is 0 Å². The van der Waals surface area contributed by atoms with Crippen molar-refractivity contribution < 1.29 is 9.90 Å². The molecule has 69 valence electrons. The van der Waals surface area contributed by atoms with E-state index < -0.39 is 0 Å². The van der Waals surface area contributed by atoms with Crippen LogP contribution in [0.25, 0.3) is 0 Å². The number of carbonyl (C=O) groups excluding carboxylic acids is 1. The molecule has 0 saturated carbocycles. The molecule has 0 N–H and O–H groups in total. The molecule has 4 nitrogen and oxygen atoms in total. The Bertz CT molecular complexity index is 161. The van der Waals surface area contributed by atoms with E-state index in [1.165, 1.54) is 0 Å². The largest absolute Gasteiger partial charge is 0.328 e. The van der Waals surface area contributed by atoms with Crippen molar-refractivity contribution in [1.82, 2.24) is 9.80 Å². The van der Waals surface area contributed by atoms with Gasteiger partial charge in [-0.1, -0.05) is 0 Å². The maximum absolute atomic E-state index is 11.4. The molecule has 12 heavy (non-hydrogen) atoms. The molecule has 1 aliphatic heterocycles. The number of hydrogen-bond donors (Lipinski definition) is 0. The van der Waals surface area contributed by atoms with Crippen molar-refractivity contribution in [3.63, 3.8) is 0 Å². The topological polar surface area (TPSA) is 43.5 Å². The maximum Gasteiger partial charge on any atom is 0.319 e. The second-order valence-corrected chi connectivity index (χ2v) is 3.10. The predicted molar refractivity (Wildman–Crippen MR) is 44.4 cm³/mol. The summed E-state index contributed by atoms with van der Waals surface area (Å²) in [6.45, 7) is 2.18. The van der Waals surface area contributed by atoms with E-state index in [2.05, 4.69) is 0 Å². The third kappa shape index (κ3) is 2.11. The van der Waals surface area contributed by atoms with E-state index in [0.717, 1.165) is 19.5 Å². The fraction of sp³-hybridized carbons (Fsp3) is 0.875. The van der Waals surface area contributed by atoms with Crippen LogP contribution in [0.1, 0.15) is 12.8 Å². The van der Waals surface area contributed by atoms with Gasteiger partial charge in [-0.15, -0.1) is 0 Å². The van der Waals surface area contributed by atoms with Gasteiger partial charge in [0.05, 0.1) is 6.61 Å². The van der Waals surface area contributed by atoms with Gasteiger partial charge in [-0.25, -0.2) is 9.90 Å². The average molecular weight is 171 g/mol. The fourth-order valence-corrected chi connectivity index (χ4v) is 1.39. The number of hydrogen-bond acceptors (Lipinski definition) is 1. The Kier molecular flexibility index (Phi) is 3.34. The average Bonchev–Trinajstić information content (AvgIpc) is 2.08. The van der Waals surface area contributed by atoms with Crippen molar-refractivity contribution in [3.05, 3.63) is 0 Å². The van der Waals surface area contributed by atoms with Crippen LogP contribution in [0.5, 0.6) is 0 Å². The minimum absolute atomic E-state index is 0.0645. The van der Waals surface area contributed by atoms with Crippen LogP contribution in [0.4, 0.5) is 4.79 Å². The molecule has 1 rings (SSSR count). The molecule has 1 saturated heterocycles. The van der Waals surface area contributed by atoms with Crippen molar-refractivity contribution in [2.75, 3.05) is 33.3 Å². The summed E-state index contributed by atoms with van der Waals surface area (Å²) in [5, 5.41) is 10.2. The number of urea groups is 1. The zero-order chi connectivity index (χ0) is 8.97. The smallest absolute Gasteiger partial charge is 0.319 e. The molecule has 0 unspecified atom stereocenters. The van der Waals surface area contributed by atoms with Crippen LogP contribution in [0, 0.1) is 0 Å². The van der Waals surface area contributed by atoms with Crippen LogP contribution < -0.4 is 0 Å². The second-order valence-electron chi connectivity index (χ2n) is 3.10. The number of amides is 2. The summed E-state index contributed by atoms with van der Waals surface area (Å²) in [7, 11) is 1.80. The molecule has 0 aromatic rings. The van der Waals surface area contributed by atoms with Crippen LogP contribution in [-0.2, 0) is 5.11 Å². The summed E-state index contributed by atoms with van der Waals surface area (Å²) in [5.74, 6) is 0. The Morgan fingerprint density at radius 2 is 2.17 bits per heavy atom. The highest BCUT2D eigenvalue weighted by Gasteiger charge is 2.21. The Morgan fingerprint density at radius 3 is 2.83 bits per heavy atom. The Balaban J connectivity index is 2.36. The molecule has 4 heteroatoms. The predicted octanol–water partition coefficient (Wildman–Crippen LogP) is 0.564. The van der Waals surface area contributed by atoms with Crippen LogP contribution in [0.2, 0.25) is 0 Å². The summed E-state index contributed by atoms with van der Waals surface area (Å²) >= 11 is 0. The Hall–Kier alpha value is -0.770. The van der Waals surface area contributed by atoms with Crippen molar-refractivity contribution in [1.29, 1.82) is 0 Å². The third-order valence-corrected chi connectivity index (χ3v) is 2.09. The van der Waals surface area contributed by atoms with Crippen LogP contribution in [0.15, 0.2) is 0 Å². The van der Waals surface area contributed by atoms with E-state index in [4.69, 9.17) is 0 Å². The van der Waals surface area contributed by atoms with E-state index in [0.29, 0.717) is 13.0 Å². The Morgan fingerprint density at radius 1 is 1.42 bits per heavy atom. The molecule has 0 aliphatic carbocycles. The molecule has 1 aliphatic rings. The van der Waals surface area contributed by atoms with E-state index in [-0.39, 0.29) is 12.6 Å². The van der Waals surface area contributed by atoms with Gasteiger partial charge >= 0.3 is 6.03 Å².